The Morgan fingerprint density at radius 3 is 2.38 bits per heavy atom. The van der Waals surface area contributed by atoms with Crippen LogP contribution in [0.3, 0.4) is 0 Å². The van der Waals surface area contributed by atoms with Crippen molar-refractivity contribution in [2.45, 2.75) is 19.9 Å². The van der Waals surface area contributed by atoms with Gasteiger partial charge in [-0.2, -0.15) is 0 Å². The van der Waals surface area contributed by atoms with E-state index < -0.39 is 12.0 Å². The van der Waals surface area contributed by atoms with E-state index in [1.54, 1.807) is 25.4 Å². The van der Waals surface area contributed by atoms with Gasteiger partial charge < -0.3 is 14.7 Å². The number of aliphatic carboxylic acids is 1. The second-order valence-electron chi connectivity index (χ2n) is 6.46. The number of ether oxygens (including phenoxy) is 1. The number of carboxylic acids is 1. The van der Waals surface area contributed by atoms with E-state index in [9.17, 15) is 9.90 Å². The van der Waals surface area contributed by atoms with Gasteiger partial charge in [0.15, 0.2) is 0 Å². The van der Waals surface area contributed by atoms with Crippen molar-refractivity contribution in [1.82, 2.24) is 14.9 Å². The van der Waals surface area contributed by atoms with Gasteiger partial charge in [0.2, 0.25) is 0 Å². The van der Waals surface area contributed by atoms with E-state index in [-0.39, 0.29) is 0 Å². The Bertz CT molecular complexity index is 771. The Kier molecular flexibility index (Phi) is 5.37. The lowest BCUT2D eigenvalue weighted by molar-refractivity contribution is -0.143. The third-order valence-electron chi connectivity index (χ3n) is 4.70. The monoisotopic (exact) mass is 356 g/mol. The second-order valence-corrected chi connectivity index (χ2v) is 6.46. The number of rotatable bonds is 5. The summed E-state index contributed by atoms with van der Waals surface area (Å²) in [6, 6.07) is 6.58. The molecule has 1 N–H and O–H groups in total. The fourth-order valence-corrected chi connectivity index (χ4v) is 3.31. The predicted octanol–water partition coefficient (Wildman–Crippen LogP) is 2.05. The number of aryl methyl sites for hydroxylation is 2. The fraction of sp³-hybridized carbons (Fsp3) is 0.421. The molecule has 2 aromatic rings. The van der Waals surface area contributed by atoms with Gasteiger partial charge in [0.05, 0.1) is 18.5 Å². The number of aromatic nitrogens is 2. The van der Waals surface area contributed by atoms with E-state index in [2.05, 4.69) is 14.9 Å². The highest BCUT2D eigenvalue weighted by Crippen LogP contribution is 2.26. The van der Waals surface area contributed by atoms with Gasteiger partial charge in [-0.25, -0.2) is 4.98 Å². The standard InChI is InChI=1S/C19H24N4O3/c1-13-12-20-14(2)18(21-13)23-10-8-22(9-11-23)17(19(24)25)15-4-6-16(26-3)7-5-15/h4-7,12,17H,8-11H2,1-3H3,(H,24,25). The summed E-state index contributed by atoms with van der Waals surface area (Å²) in [5.74, 6) is 0.771. The van der Waals surface area contributed by atoms with Crippen molar-refractivity contribution in [3.63, 3.8) is 0 Å². The minimum Gasteiger partial charge on any atom is -0.497 e. The van der Waals surface area contributed by atoms with Crippen LogP contribution in [0.15, 0.2) is 30.5 Å². The molecule has 0 aliphatic carbocycles. The van der Waals surface area contributed by atoms with Gasteiger partial charge in [-0.15, -0.1) is 0 Å². The molecular weight excluding hydrogens is 332 g/mol. The SMILES string of the molecule is COc1ccc(C(C(=O)O)N2CCN(c3nc(C)cnc3C)CC2)cc1. The van der Waals surface area contributed by atoms with Crippen LogP contribution in [0.2, 0.25) is 0 Å². The zero-order valence-corrected chi connectivity index (χ0v) is 15.3. The number of anilines is 1. The predicted molar refractivity (Wildman–Crippen MR) is 98.7 cm³/mol. The molecule has 1 unspecified atom stereocenters. The summed E-state index contributed by atoms with van der Waals surface area (Å²) in [4.78, 5) is 25.0. The van der Waals surface area contributed by atoms with Crippen LogP contribution in [0.25, 0.3) is 0 Å². The fourth-order valence-electron chi connectivity index (χ4n) is 3.31. The first-order valence-corrected chi connectivity index (χ1v) is 8.65. The smallest absolute Gasteiger partial charge is 0.325 e. The first kappa shape index (κ1) is 18.1. The van der Waals surface area contributed by atoms with Crippen LogP contribution in [0.4, 0.5) is 5.82 Å². The van der Waals surface area contributed by atoms with E-state index in [4.69, 9.17) is 4.74 Å². The number of hydrogen-bond donors (Lipinski definition) is 1. The number of carbonyl (C=O) groups is 1. The molecular formula is C19H24N4O3. The van der Waals surface area contributed by atoms with E-state index >= 15 is 0 Å². The molecule has 1 aliphatic rings. The highest BCUT2D eigenvalue weighted by Gasteiger charge is 2.31. The molecule has 1 saturated heterocycles. The lowest BCUT2D eigenvalue weighted by Gasteiger charge is -2.38. The highest BCUT2D eigenvalue weighted by atomic mass is 16.5. The van der Waals surface area contributed by atoms with Gasteiger partial charge in [-0.05, 0) is 31.5 Å². The summed E-state index contributed by atoms with van der Waals surface area (Å²) in [5, 5.41) is 9.76. The molecule has 0 spiro atoms. The number of benzene rings is 1. The Labute approximate surface area is 153 Å². The number of carboxylic acid groups (broad SMARTS) is 1. The van der Waals surface area contributed by atoms with Crippen molar-refractivity contribution in [1.29, 1.82) is 0 Å². The zero-order chi connectivity index (χ0) is 18.7. The van der Waals surface area contributed by atoms with Gasteiger partial charge >= 0.3 is 5.97 Å². The zero-order valence-electron chi connectivity index (χ0n) is 15.3. The van der Waals surface area contributed by atoms with E-state index in [1.165, 1.54) is 0 Å². The molecule has 7 heteroatoms. The van der Waals surface area contributed by atoms with Crippen molar-refractivity contribution < 1.29 is 14.6 Å². The molecule has 1 atom stereocenters. The average Bonchev–Trinajstić information content (AvgIpc) is 2.65. The maximum Gasteiger partial charge on any atom is 0.325 e. The molecule has 7 nitrogen and oxygen atoms in total. The van der Waals surface area contributed by atoms with Gasteiger partial charge in [0.25, 0.3) is 0 Å². The van der Waals surface area contributed by atoms with Crippen LogP contribution in [-0.4, -0.2) is 59.2 Å². The van der Waals surface area contributed by atoms with E-state index in [1.807, 2.05) is 30.9 Å². The summed E-state index contributed by atoms with van der Waals surface area (Å²) < 4.78 is 5.16. The quantitative estimate of drug-likeness (QED) is 0.878. The maximum atomic E-state index is 11.9. The number of piperazine rings is 1. The molecule has 0 saturated carbocycles. The average molecular weight is 356 g/mol. The van der Waals surface area contributed by atoms with Gasteiger partial charge in [-0.3, -0.25) is 14.7 Å². The van der Waals surface area contributed by atoms with E-state index in [0.717, 1.165) is 41.6 Å². The summed E-state index contributed by atoms with van der Waals surface area (Å²) in [6.45, 7) is 6.62. The lowest BCUT2D eigenvalue weighted by atomic mass is 10.0. The Balaban J connectivity index is 1.73. The molecule has 1 aromatic carbocycles. The third-order valence-corrected chi connectivity index (χ3v) is 4.70. The molecule has 0 bridgehead atoms. The number of nitrogens with zero attached hydrogens (tertiary/aromatic N) is 4. The minimum atomic E-state index is -0.838. The van der Waals surface area contributed by atoms with Crippen molar-refractivity contribution in [3.05, 3.63) is 47.4 Å². The molecule has 1 aromatic heterocycles. The van der Waals surface area contributed by atoms with E-state index in [0.29, 0.717) is 13.1 Å². The molecule has 26 heavy (non-hydrogen) atoms. The van der Waals surface area contributed by atoms with Crippen LogP contribution >= 0.6 is 0 Å². The number of hydrogen-bond acceptors (Lipinski definition) is 6. The van der Waals surface area contributed by atoms with Crippen molar-refractivity contribution in [2.24, 2.45) is 0 Å². The topological polar surface area (TPSA) is 78.8 Å². The Hall–Kier alpha value is -2.67. The van der Waals surface area contributed by atoms with Crippen molar-refractivity contribution in [2.75, 3.05) is 38.2 Å². The molecule has 3 rings (SSSR count). The molecule has 0 radical (unpaired) electrons. The molecule has 0 amide bonds. The molecule has 1 fully saturated rings. The first-order valence-electron chi connectivity index (χ1n) is 8.65. The maximum absolute atomic E-state index is 11.9. The first-order chi connectivity index (χ1) is 12.5. The van der Waals surface area contributed by atoms with Gasteiger partial charge in [-0.1, -0.05) is 12.1 Å². The van der Waals surface area contributed by atoms with Crippen molar-refractivity contribution in [3.8, 4) is 5.75 Å². The Morgan fingerprint density at radius 1 is 1.15 bits per heavy atom. The summed E-state index contributed by atoms with van der Waals surface area (Å²) >= 11 is 0. The minimum absolute atomic E-state index is 0.651. The second kappa shape index (κ2) is 7.70. The van der Waals surface area contributed by atoms with Crippen LogP contribution in [0, 0.1) is 13.8 Å². The molecule has 2 heterocycles. The van der Waals surface area contributed by atoms with Gasteiger partial charge in [0, 0.05) is 32.4 Å². The lowest BCUT2D eigenvalue weighted by Crippen LogP contribution is -2.49. The highest BCUT2D eigenvalue weighted by molar-refractivity contribution is 5.75. The van der Waals surface area contributed by atoms with Crippen LogP contribution in [0.5, 0.6) is 5.75 Å². The normalized spacial score (nSPS) is 16.3. The van der Waals surface area contributed by atoms with Gasteiger partial charge in [0.1, 0.15) is 17.6 Å². The van der Waals surface area contributed by atoms with Crippen LogP contribution in [-0.2, 0) is 4.79 Å². The van der Waals surface area contributed by atoms with Crippen LogP contribution in [0.1, 0.15) is 23.0 Å². The summed E-state index contributed by atoms with van der Waals surface area (Å²) in [7, 11) is 1.60. The summed E-state index contributed by atoms with van der Waals surface area (Å²) in [5.41, 5.74) is 2.54. The molecule has 138 valence electrons. The third kappa shape index (κ3) is 3.77. The molecule has 1 aliphatic heterocycles. The Morgan fingerprint density at radius 2 is 1.81 bits per heavy atom. The largest absolute Gasteiger partial charge is 0.497 e. The summed E-state index contributed by atoms with van der Waals surface area (Å²) in [6.07, 6.45) is 1.76. The number of methoxy groups -OCH3 is 1. The van der Waals surface area contributed by atoms with Crippen molar-refractivity contribution >= 4 is 11.8 Å². The van der Waals surface area contributed by atoms with Crippen LogP contribution < -0.4 is 9.64 Å².